The number of hydrogen-bond acceptors (Lipinski definition) is 2. The van der Waals surface area contributed by atoms with Crippen molar-refractivity contribution in [2.45, 2.75) is 19.3 Å². The van der Waals surface area contributed by atoms with Crippen molar-refractivity contribution in [3.63, 3.8) is 0 Å². The van der Waals surface area contributed by atoms with E-state index in [1.54, 1.807) is 0 Å². The minimum atomic E-state index is -0.110. The monoisotopic (exact) mass is 637 g/mol. The molecule has 234 valence electrons. The average molecular weight is 638 g/mol. The van der Waals surface area contributed by atoms with Crippen LogP contribution in [0.15, 0.2) is 152 Å². The van der Waals surface area contributed by atoms with Gasteiger partial charge in [-0.1, -0.05) is 147 Å². The second kappa shape index (κ2) is 9.87. The van der Waals surface area contributed by atoms with Crippen LogP contribution in [-0.2, 0) is 5.41 Å². The average Bonchev–Trinajstić information content (AvgIpc) is 3.64. The summed E-state index contributed by atoms with van der Waals surface area (Å²) in [7, 11) is 0. The quantitative estimate of drug-likeness (QED) is 0.177. The lowest BCUT2D eigenvalue weighted by atomic mass is 9.82. The van der Waals surface area contributed by atoms with E-state index in [-0.39, 0.29) is 5.41 Å². The van der Waals surface area contributed by atoms with Gasteiger partial charge in [-0.15, -0.1) is 0 Å². The van der Waals surface area contributed by atoms with E-state index < -0.39 is 0 Å². The van der Waals surface area contributed by atoms with Crippen LogP contribution in [0.4, 0.5) is 0 Å². The number of aromatic nitrogens is 3. The first-order valence-corrected chi connectivity index (χ1v) is 17.4. The summed E-state index contributed by atoms with van der Waals surface area (Å²) in [4.78, 5) is 10.9. The molecule has 0 fully saturated rings. The smallest absolute Gasteiger partial charge is 0.235 e. The molecule has 50 heavy (non-hydrogen) atoms. The molecule has 0 N–H and O–H groups in total. The Kier molecular flexibility index (Phi) is 5.45. The molecule has 1 aliphatic carbocycles. The van der Waals surface area contributed by atoms with E-state index in [0.29, 0.717) is 5.95 Å². The van der Waals surface area contributed by atoms with E-state index in [2.05, 4.69) is 170 Å². The number of rotatable bonds is 2. The Morgan fingerprint density at radius 3 is 1.96 bits per heavy atom. The van der Waals surface area contributed by atoms with Crippen LogP contribution in [0, 0.1) is 0 Å². The maximum absolute atomic E-state index is 5.56. The number of fused-ring (bicyclic) bond motifs is 14. The summed E-state index contributed by atoms with van der Waals surface area (Å²) in [5.74, 6) is 0.678. The Hall–Kier alpha value is -6.32. The van der Waals surface area contributed by atoms with Crippen molar-refractivity contribution in [1.82, 2.24) is 14.5 Å². The van der Waals surface area contributed by atoms with Gasteiger partial charge in [0, 0.05) is 32.5 Å². The summed E-state index contributed by atoms with van der Waals surface area (Å²) in [6.07, 6.45) is 0. The van der Waals surface area contributed by atoms with Gasteiger partial charge in [-0.2, -0.15) is 0 Å². The van der Waals surface area contributed by atoms with Crippen molar-refractivity contribution in [3.8, 4) is 28.3 Å². The highest BCUT2D eigenvalue weighted by Crippen LogP contribution is 2.50. The fourth-order valence-corrected chi connectivity index (χ4v) is 8.88. The molecular weight excluding hydrogens is 607 g/mol. The van der Waals surface area contributed by atoms with Crippen LogP contribution in [0.5, 0.6) is 0 Å². The first-order chi connectivity index (χ1) is 24.6. The van der Waals surface area contributed by atoms with E-state index in [9.17, 15) is 0 Å². The van der Waals surface area contributed by atoms with Gasteiger partial charge < -0.3 is 0 Å². The number of benzene rings is 8. The van der Waals surface area contributed by atoms with Crippen molar-refractivity contribution >= 4 is 65.0 Å². The van der Waals surface area contributed by atoms with Crippen LogP contribution in [-0.4, -0.2) is 14.5 Å². The van der Waals surface area contributed by atoms with Gasteiger partial charge >= 0.3 is 0 Å². The Morgan fingerprint density at radius 1 is 0.480 bits per heavy atom. The van der Waals surface area contributed by atoms with Crippen LogP contribution in [0.2, 0.25) is 0 Å². The van der Waals surface area contributed by atoms with Gasteiger partial charge in [-0.05, 0) is 67.4 Å². The largest absolute Gasteiger partial charge is 0.277 e. The highest BCUT2D eigenvalue weighted by molar-refractivity contribution is 6.35. The molecule has 11 rings (SSSR count). The molecule has 0 bridgehead atoms. The maximum atomic E-state index is 5.56. The van der Waals surface area contributed by atoms with E-state index >= 15 is 0 Å². The zero-order chi connectivity index (χ0) is 33.1. The summed E-state index contributed by atoms with van der Waals surface area (Å²) >= 11 is 0. The summed E-state index contributed by atoms with van der Waals surface area (Å²) in [5, 5.41) is 10.9. The summed E-state index contributed by atoms with van der Waals surface area (Å²) in [6.45, 7) is 4.67. The van der Waals surface area contributed by atoms with Gasteiger partial charge in [0.2, 0.25) is 5.95 Å². The van der Waals surface area contributed by atoms with Gasteiger partial charge in [-0.3, -0.25) is 4.57 Å². The molecule has 0 saturated carbocycles. The Bertz CT molecular complexity index is 3070. The Labute approximate surface area is 289 Å². The molecule has 0 unspecified atom stereocenters. The molecule has 0 atom stereocenters. The zero-order valence-electron chi connectivity index (χ0n) is 27.8. The molecule has 2 aromatic heterocycles. The summed E-state index contributed by atoms with van der Waals surface area (Å²) < 4.78 is 2.33. The molecule has 2 heterocycles. The minimum absolute atomic E-state index is 0.110. The Morgan fingerprint density at radius 2 is 1.12 bits per heavy atom. The summed E-state index contributed by atoms with van der Waals surface area (Å²) in [5.41, 5.74) is 10.4. The van der Waals surface area contributed by atoms with Crippen LogP contribution in [0.25, 0.3) is 93.4 Å². The number of nitrogens with zero attached hydrogens (tertiary/aromatic N) is 3. The third-order valence-corrected chi connectivity index (χ3v) is 11.2. The number of hydrogen-bond donors (Lipinski definition) is 0. The fraction of sp³-hybridized carbons (Fsp3) is 0.0638. The van der Waals surface area contributed by atoms with Crippen molar-refractivity contribution in [2.75, 3.05) is 0 Å². The standard InChI is InChI=1S/C47H31N3/c1-47(2)38-21-11-9-17-33(38)34-25-23-29(27-39(34)47)44-37-20-10-12-22-40(37)48-46(49-44)50-41-26-24-28-13-3-4-14-30(28)42(41)43-35-18-7-5-15-31(35)32-16-6-8-19-36(32)45(43)50/h3-27H,1-2H3. The van der Waals surface area contributed by atoms with Crippen LogP contribution >= 0.6 is 0 Å². The molecule has 0 aliphatic heterocycles. The molecule has 0 radical (unpaired) electrons. The molecule has 0 spiro atoms. The van der Waals surface area contributed by atoms with Gasteiger partial charge in [-0.25, -0.2) is 9.97 Å². The molecule has 1 aliphatic rings. The van der Waals surface area contributed by atoms with Gasteiger partial charge in [0.25, 0.3) is 0 Å². The molecule has 0 saturated heterocycles. The van der Waals surface area contributed by atoms with E-state index in [1.165, 1.54) is 65.3 Å². The predicted molar refractivity (Wildman–Crippen MR) is 209 cm³/mol. The SMILES string of the molecule is CC1(C)c2ccccc2-c2ccc(-c3nc(-n4c5ccc6ccccc6c5c5c6ccccc6c6ccccc6c54)nc4ccccc34)cc21. The second-order valence-corrected chi connectivity index (χ2v) is 14.2. The fourth-order valence-electron chi connectivity index (χ4n) is 8.88. The zero-order valence-corrected chi connectivity index (χ0v) is 27.8. The van der Waals surface area contributed by atoms with Crippen molar-refractivity contribution in [2.24, 2.45) is 0 Å². The van der Waals surface area contributed by atoms with E-state index in [1.807, 2.05) is 0 Å². The topological polar surface area (TPSA) is 30.7 Å². The normalized spacial score (nSPS) is 13.6. The highest BCUT2D eigenvalue weighted by atomic mass is 15.2. The third-order valence-electron chi connectivity index (χ3n) is 11.2. The first-order valence-electron chi connectivity index (χ1n) is 17.4. The first kappa shape index (κ1) is 27.6. The van der Waals surface area contributed by atoms with Crippen molar-refractivity contribution in [1.29, 1.82) is 0 Å². The van der Waals surface area contributed by atoms with Crippen LogP contribution in [0.1, 0.15) is 25.0 Å². The molecule has 8 aromatic carbocycles. The second-order valence-electron chi connectivity index (χ2n) is 14.2. The lowest BCUT2D eigenvalue weighted by molar-refractivity contribution is 0.660. The summed E-state index contributed by atoms with van der Waals surface area (Å²) in [6, 6.07) is 55.0. The van der Waals surface area contributed by atoms with Crippen LogP contribution in [0.3, 0.4) is 0 Å². The van der Waals surface area contributed by atoms with Crippen LogP contribution < -0.4 is 0 Å². The van der Waals surface area contributed by atoms with Crippen molar-refractivity contribution in [3.05, 3.63) is 163 Å². The predicted octanol–water partition coefficient (Wildman–Crippen LogP) is 12.2. The van der Waals surface area contributed by atoms with Gasteiger partial charge in [0.05, 0.1) is 22.2 Å². The molecule has 0 amide bonds. The highest BCUT2D eigenvalue weighted by Gasteiger charge is 2.35. The molecular formula is C47H31N3. The minimum Gasteiger partial charge on any atom is -0.277 e. The molecule has 3 heteroatoms. The number of para-hydroxylation sites is 1. The van der Waals surface area contributed by atoms with Crippen molar-refractivity contribution < 1.29 is 0 Å². The lowest BCUT2D eigenvalue weighted by Gasteiger charge is -2.22. The molecule has 3 nitrogen and oxygen atoms in total. The van der Waals surface area contributed by atoms with Gasteiger partial charge in [0.1, 0.15) is 0 Å². The van der Waals surface area contributed by atoms with E-state index in [0.717, 1.165) is 33.2 Å². The molecule has 10 aromatic rings. The van der Waals surface area contributed by atoms with E-state index in [4.69, 9.17) is 9.97 Å². The Balaban J connectivity index is 1.29. The maximum Gasteiger partial charge on any atom is 0.235 e. The third kappa shape index (κ3) is 3.59. The van der Waals surface area contributed by atoms with Gasteiger partial charge in [0.15, 0.2) is 0 Å². The lowest BCUT2D eigenvalue weighted by Crippen LogP contribution is -2.15.